The molecule has 2 heterocycles. The highest BCUT2D eigenvalue weighted by atomic mass is 35.5. The van der Waals surface area contributed by atoms with Crippen molar-refractivity contribution >= 4 is 39.2 Å². The molecule has 6 rings (SSSR count). The van der Waals surface area contributed by atoms with Crippen molar-refractivity contribution in [2.45, 2.75) is 63.4 Å². The van der Waals surface area contributed by atoms with E-state index in [-0.39, 0.29) is 48.1 Å². The van der Waals surface area contributed by atoms with Gasteiger partial charge in [0.05, 0.1) is 18.4 Å². The summed E-state index contributed by atoms with van der Waals surface area (Å²) in [5, 5.41) is 11.8. The number of Topliss-reactive ketones (excluding diaryl/α,β-unsaturated/α-hetero) is 1. The maximum absolute atomic E-state index is 13.4. The number of aliphatic hydroxyl groups is 1. The lowest BCUT2D eigenvalue weighted by Crippen LogP contribution is -2.49. The Kier molecular flexibility index (Phi) is 8.80. The van der Waals surface area contributed by atoms with Crippen LogP contribution in [0.3, 0.4) is 0 Å². The molecule has 2 aromatic rings. The van der Waals surface area contributed by atoms with Gasteiger partial charge in [-0.3, -0.25) is 9.59 Å². The molecule has 2 aliphatic heterocycles. The summed E-state index contributed by atoms with van der Waals surface area (Å²) in [7, 11) is -4.24. The number of fused-ring (bicyclic) bond motifs is 4. The van der Waals surface area contributed by atoms with E-state index < -0.39 is 22.2 Å². The van der Waals surface area contributed by atoms with E-state index in [0.717, 1.165) is 42.1 Å². The Morgan fingerprint density at radius 1 is 1.20 bits per heavy atom. The van der Waals surface area contributed by atoms with Crippen LogP contribution in [0.2, 0.25) is 5.02 Å². The predicted octanol–water partition coefficient (Wildman–Crippen LogP) is 4.42. The van der Waals surface area contributed by atoms with Gasteiger partial charge in [0.25, 0.3) is 5.91 Å². The van der Waals surface area contributed by atoms with Crippen LogP contribution in [0.15, 0.2) is 48.6 Å². The molecule has 0 saturated heterocycles. The molecule has 9 nitrogen and oxygen atoms in total. The second kappa shape index (κ2) is 12.5. The molecule has 1 spiro atoms. The fourth-order valence-electron chi connectivity index (χ4n) is 7.28. The predicted molar refractivity (Wildman–Crippen MR) is 169 cm³/mol. The van der Waals surface area contributed by atoms with Gasteiger partial charge in [-0.1, -0.05) is 29.8 Å². The van der Waals surface area contributed by atoms with Crippen molar-refractivity contribution in [3.63, 3.8) is 0 Å². The van der Waals surface area contributed by atoms with Crippen LogP contribution < -0.4 is 14.4 Å². The average Bonchev–Trinajstić information content (AvgIpc) is 3.10. The number of ether oxygens (including phenoxy) is 1. The number of hydrogen-bond donors (Lipinski definition) is 2. The standard InChI is InChI=1S/C33H40ClN3O6S/c1-22(38)13-16-37-15-3-2-6-30(39)27-10-7-25(27)19-36-20-33(14-4-5-23-17-26(34)9-11-28(23)33)21-43-31-12-8-24(18-29(31)36)32(40)35-44(37,41)42/h2,6,8-9,11-12,17-18,25,27,30,39H,3-5,7,10,13-16,19-21H2,1H3,(H,35,40)/b6-2+/t25-,27+,30-,33-/m0/s1. The van der Waals surface area contributed by atoms with Crippen molar-refractivity contribution in [1.82, 2.24) is 9.03 Å². The van der Waals surface area contributed by atoms with Crippen LogP contribution in [0.4, 0.5) is 5.69 Å². The molecule has 236 valence electrons. The smallest absolute Gasteiger partial charge is 0.304 e. The first-order valence-electron chi connectivity index (χ1n) is 15.5. The first-order chi connectivity index (χ1) is 21.0. The van der Waals surface area contributed by atoms with E-state index >= 15 is 0 Å². The second-order valence-corrected chi connectivity index (χ2v) is 14.9. The van der Waals surface area contributed by atoms with Gasteiger partial charge in [-0.25, -0.2) is 4.72 Å². The fourth-order valence-corrected chi connectivity index (χ4v) is 8.63. The molecule has 2 aliphatic carbocycles. The molecule has 0 unspecified atom stereocenters. The molecule has 0 radical (unpaired) electrons. The van der Waals surface area contributed by atoms with Gasteiger partial charge in [0.2, 0.25) is 0 Å². The van der Waals surface area contributed by atoms with Gasteiger partial charge >= 0.3 is 10.2 Å². The van der Waals surface area contributed by atoms with Crippen molar-refractivity contribution in [3.8, 4) is 5.75 Å². The molecule has 4 atom stereocenters. The highest BCUT2D eigenvalue weighted by Crippen LogP contribution is 2.46. The Balaban J connectivity index is 1.39. The summed E-state index contributed by atoms with van der Waals surface area (Å²) < 4.78 is 36.5. The summed E-state index contributed by atoms with van der Waals surface area (Å²) in [5.41, 5.74) is 3.12. The van der Waals surface area contributed by atoms with Gasteiger partial charge in [-0.2, -0.15) is 12.7 Å². The lowest BCUT2D eigenvalue weighted by molar-refractivity contribution is -0.117. The monoisotopic (exact) mass is 641 g/mol. The zero-order valence-electron chi connectivity index (χ0n) is 25.0. The summed E-state index contributed by atoms with van der Waals surface area (Å²) in [4.78, 5) is 27.4. The number of anilines is 1. The van der Waals surface area contributed by atoms with Gasteiger partial charge in [0.1, 0.15) is 11.5 Å². The normalized spacial score (nSPS) is 29.3. The van der Waals surface area contributed by atoms with Gasteiger partial charge in [0.15, 0.2) is 0 Å². The number of hydrogen-bond acceptors (Lipinski definition) is 7. The van der Waals surface area contributed by atoms with Gasteiger partial charge in [0, 0.05) is 48.6 Å². The van der Waals surface area contributed by atoms with Gasteiger partial charge < -0.3 is 14.7 Å². The van der Waals surface area contributed by atoms with Crippen molar-refractivity contribution in [3.05, 3.63) is 70.3 Å². The highest BCUT2D eigenvalue weighted by molar-refractivity contribution is 7.87. The molecule has 1 saturated carbocycles. The number of carbonyl (C=O) groups excluding carboxylic acids is 2. The van der Waals surface area contributed by atoms with Crippen LogP contribution in [-0.4, -0.2) is 68.4 Å². The molecule has 44 heavy (non-hydrogen) atoms. The van der Waals surface area contributed by atoms with Crippen molar-refractivity contribution in [2.24, 2.45) is 11.8 Å². The summed E-state index contributed by atoms with van der Waals surface area (Å²) in [6.45, 7) is 3.25. The highest BCUT2D eigenvalue weighted by Gasteiger charge is 2.44. The number of rotatable bonds is 3. The Labute approximate surface area is 264 Å². The van der Waals surface area contributed by atoms with Crippen LogP contribution in [0.1, 0.15) is 66.9 Å². The number of aliphatic hydroxyl groups excluding tert-OH is 1. The molecule has 0 aromatic heterocycles. The molecule has 1 fully saturated rings. The van der Waals surface area contributed by atoms with E-state index in [9.17, 15) is 23.1 Å². The number of ketones is 1. The van der Waals surface area contributed by atoms with Crippen LogP contribution >= 0.6 is 11.6 Å². The van der Waals surface area contributed by atoms with Crippen LogP contribution in [0.25, 0.3) is 0 Å². The number of nitrogens with one attached hydrogen (secondary N) is 1. The molecule has 2 bridgehead atoms. The van der Waals surface area contributed by atoms with E-state index in [1.807, 2.05) is 6.07 Å². The lowest BCUT2D eigenvalue weighted by Gasteiger charge is -2.45. The van der Waals surface area contributed by atoms with Crippen LogP contribution in [0, 0.1) is 11.8 Å². The quantitative estimate of drug-likeness (QED) is 0.477. The molecular weight excluding hydrogens is 602 g/mol. The summed E-state index contributed by atoms with van der Waals surface area (Å²) in [5.74, 6) is 0.0700. The Morgan fingerprint density at radius 3 is 2.82 bits per heavy atom. The number of nitrogens with zero attached hydrogens (tertiary/aromatic N) is 2. The number of benzene rings is 2. The van der Waals surface area contributed by atoms with Crippen LogP contribution in [-0.2, 0) is 26.8 Å². The molecule has 4 aliphatic rings. The SMILES string of the molecule is CC(=O)CCN1CC/C=C/[C@H](O)[C@@H]2CC[C@H]2CN2C[C@@]3(CCCc4cc(Cl)ccc43)COc3ccc(cc32)C(=O)NS1(=O)=O. The van der Waals surface area contributed by atoms with E-state index in [4.69, 9.17) is 16.3 Å². The first kappa shape index (κ1) is 31.1. The summed E-state index contributed by atoms with van der Waals surface area (Å²) in [6.07, 6.45) is 8.07. The Morgan fingerprint density at radius 2 is 2.05 bits per heavy atom. The third-order valence-electron chi connectivity index (χ3n) is 9.82. The third-order valence-corrected chi connectivity index (χ3v) is 11.5. The largest absolute Gasteiger partial charge is 0.490 e. The maximum Gasteiger partial charge on any atom is 0.304 e. The number of carbonyl (C=O) groups is 2. The fraction of sp³-hybridized carbons (Fsp3) is 0.515. The Bertz CT molecular complexity index is 1580. The minimum atomic E-state index is -4.24. The van der Waals surface area contributed by atoms with E-state index in [0.29, 0.717) is 36.9 Å². The average molecular weight is 642 g/mol. The van der Waals surface area contributed by atoms with Crippen molar-refractivity contribution in [1.29, 1.82) is 0 Å². The molecular formula is C33H40ClN3O6S. The second-order valence-electron chi connectivity index (χ2n) is 12.8. The maximum atomic E-state index is 13.4. The molecule has 11 heteroatoms. The minimum Gasteiger partial charge on any atom is -0.490 e. The van der Waals surface area contributed by atoms with E-state index in [1.54, 1.807) is 30.4 Å². The zero-order chi connectivity index (χ0) is 31.1. The molecule has 1 amide bonds. The van der Waals surface area contributed by atoms with E-state index in [1.165, 1.54) is 18.1 Å². The molecule has 2 aromatic carbocycles. The van der Waals surface area contributed by atoms with Crippen molar-refractivity contribution < 1.29 is 27.9 Å². The topological polar surface area (TPSA) is 116 Å². The number of amides is 1. The van der Waals surface area contributed by atoms with E-state index in [2.05, 4.69) is 21.8 Å². The minimum absolute atomic E-state index is 0.0351. The van der Waals surface area contributed by atoms with Crippen molar-refractivity contribution in [2.75, 3.05) is 37.7 Å². The molecule has 2 N–H and O–H groups in total. The van der Waals surface area contributed by atoms with Gasteiger partial charge in [-0.15, -0.1) is 0 Å². The summed E-state index contributed by atoms with van der Waals surface area (Å²) >= 11 is 6.38. The number of halogens is 1. The summed E-state index contributed by atoms with van der Waals surface area (Å²) in [6, 6.07) is 11.2. The zero-order valence-corrected chi connectivity index (χ0v) is 26.6. The first-order valence-corrected chi connectivity index (χ1v) is 17.3. The Hall–Kier alpha value is -2.92. The number of aryl methyl sites for hydroxylation is 1. The van der Waals surface area contributed by atoms with Gasteiger partial charge in [-0.05, 0) is 98.7 Å². The lowest BCUT2D eigenvalue weighted by atomic mass is 9.68. The van der Waals surface area contributed by atoms with Crippen LogP contribution in [0.5, 0.6) is 5.75 Å². The third kappa shape index (κ3) is 6.27.